The zero-order valence-corrected chi connectivity index (χ0v) is 20.5. The topological polar surface area (TPSA) is 93.7 Å². The van der Waals surface area contributed by atoms with Crippen LogP contribution in [0.5, 0.6) is 11.5 Å². The predicted molar refractivity (Wildman–Crippen MR) is 136 cm³/mol. The van der Waals surface area contributed by atoms with E-state index in [0.29, 0.717) is 39.3 Å². The van der Waals surface area contributed by atoms with Crippen LogP contribution in [0.15, 0.2) is 66.7 Å². The summed E-state index contributed by atoms with van der Waals surface area (Å²) in [7, 11) is 0. The van der Waals surface area contributed by atoms with Crippen LogP contribution in [0.2, 0.25) is 10.0 Å². The molecule has 0 aliphatic heterocycles. The van der Waals surface area contributed by atoms with E-state index < -0.39 is 11.9 Å². The van der Waals surface area contributed by atoms with E-state index >= 15 is 0 Å². The maximum atomic E-state index is 12.2. The Morgan fingerprint density at radius 1 is 0.829 bits per heavy atom. The highest BCUT2D eigenvalue weighted by Gasteiger charge is 2.10. The molecule has 2 amide bonds. The van der Waals surface area contributed by atoms with Gasteiger partial charge in [-0.2, -0.15) is 0 Å². The molecular weight excluding hydrogens is 491 g/mol. The lowest BCUT2D eigenvalue weighted by Gasteiger charge is -2.09. The molecule has 9 heteroatoms. The predicted octanol–water partition coefficient (Wildman–Crippen LogP) is 6.38. The number of aryl methyl sites for hydroxylation is 1. The van der Waals surface area contributed by atoms with Crippen molar-refractivity contribution < 1.29 is 23.9 Å². The monoisotopic (exact) mass is 514 g/mol. The first-order valence-electron chi connectivity index (χ1n) is 10.8. The smallest absolute Gasteiger partial charge is 0.306 e. The van der Waals surface area contributed by atoms with E-state index in [-0.39, 0.29) is 25.4 Å². The fraction of sp³-hybridized carbons (Fsp3) is 0.192. The van der Waals surface area contributed by atoms with Crippen LogP contribution < -0.4 is 15.4 Å². The van der Waals surface area contributed by atoms with Crippen LogP contribution in [0, 0.1) is 6.92 Å². The number of amides is 2. The van der Waals surface area contributed by atoms with Crippen molar-refractivity contribution in [2.45, 2.75) is 26.2 Å². The molecule has 0 saturated heterocycles. The van der Waals surface area contributed by atoms with Crippen molar-refractivity contribution in [3.05, 3.63) is 82.3 Å². The van der Waals surface area contributed by atoms with Crippen molar-refractivity contribution in [3.63, 3.8) is 0 Å². The Labute approximate surface area is 213 Å². The molecule has 3 aromatic rings. The van der Waals surface area contributed by atoms with Crippen molar-refractivity contribution in [1.29, 1.82) is 0 Å². The highest BCUT2D eigenvalue weighted by atomic mass is 35.5. The third kappa shape index (κ3) is 8.96. The molecule has 0 fully saturated rings. The molecular formula is C26H24Cl2N2O5. The molecule has 0 aliphatic carbocycles. The van der Waals surface area contributed by atoms with E-state index in [0.717, 1.165) is 5.56 Å². The summed E-state index contributed by atoms with van der Waals surface area (Å²) < 4.78 is 10.7. The lowest BCUT2D eigenvalue weighted by atomic mass is 10.2. The molecule has 0 spiro atoms. The second-order valence-corrected chi connectivity index (χ2v) is 8.52. The maximum absolute atomic E-state index is 12.2. The second kappa shape index (κ2) is 12.8. The number of halogens is 2. The maximum Gasteiger partial charge on any atom is 0.306 e. The van der Waals surface area contributed by atoms with E-state index in [1.165, 1.54) is 0 Å². The van der Waals surface area contributed by atoms with E-state index in [9.17, 15) is 14.4 Å². The van der Waals surface area contributed by atoms with Crippen LogP contribution in [0.1, 0.15) is 24.8 Å². The molecule has 0 heterocycles. The molecule has 3 aromatic carbocycles. The van der Waals surface area contributed by atoms with E-state index in [1.54, 1.807) is 48.5 Å². The van der Waals surface area contributed by atoms with E-state index in [4.69, 9.17) is 32.7 Å². The number of hydrogen-bond acceptors (Lipinski definition) is 5. The van der Waals surface area contributed by atoms with Crippen LogP contribution in [0.25, 0.3) is 0 Å². The van der Waals surface area contributed by atoms with Gasteiger partial charge in [0, 0.05) is 29.2 Å². The minimum absolute atomic E-state index is 0.0276. The van der Waals surface area contributed by atoms with Gasteiger partial charge in [0.2, 0.25) is 5.91 Å². The first-order valence-corrected chi connectivity index (χ1v) is 11.6. The fourth-order valence-corrected chi connectivity index (χ4v) is 3.49. The number of carbonyl (C=O) groups excluding carboxylic acids is 3. The molecule has 0 aromatic heterocycles. The van der Waals surface area contributed by atoms with Gasteiger partial charge in [-0.05, 0) is 73.5 Å². The Balaban J connectivity index is 1.34. The Bertz CT molecular complexity index is 1200. The summed E-state index contributed by atoms with van der Waals surface area (Å²) in [4.78, 5) is 35.9. The largest absolute Gasteiger partial charge is 0.456 e. The Morgan fingerprint density at radius 2 is 1.57 bits per heavy atom. The van der Waals surface area contributed by atoms with Gasteiger partial charge in [0.1, 0.15) is 11.5 Å². The Hall–Kier alpha value is -3.55. The van der Waals surface area contributed by atoms with Gasteiger partial charge >= 0.3 is 5.97 Å². The zero-order chi connectivity index (χ0) is 25.2. The molecule has 3 rings (SSSR count). The minimum atomic E-state index is -0.542. The van der Waals surface area contributed by atoms with Crippen molar-refractivity contribution in [2.75, 3.05) is 17.2 Å². The van der Waals surface area contributed by atoms with Gasteiger partial charge in [-0.1, -0.05) is 35.3 Å². The lowest BCUT2D eigenvalue weighted by Crippen LogP contribution is -2.21. The lowest BCUT2D eigenvalue weighted by molar-refractivity contribution is -0.147. The number of benzene rings is 3. The number of nitrogens with one attached hydrogen (secondary N) is 2. The van der Waals surface area contributed by atoms with Crippen molar-refractivity contribution >= 4 is 52.4 Å². The highest BCUT2D eigenvalue weighted by molar-refractivity contribution is 6.35. The van der Waals surface area contributed by atoms with Gasteiger partial charge in [-0.25, -0.2) is 0 Å². The summed E-state index contributed by atoms with van der Waals surface area (Å²) in [6.45, 7) is 1.53. The number of carbonyl (C=O) groups is 3. The number of esters is 1. The fourth-order valence-electron chi connectivity index (χ4n) is 3.05. The molecule has 182 valence electrons. The van der Waals surface area contributed by atoms with Crippen LogP contribution in [0.3, 0.4) is 0 Å². The van der Waals surface area contributed by atoms with Gasteiger partial charge in [0.05, 0.1) is 5.02 Å². The van der Waals surface area contributed by atoms with Crippen LogP contribution in [-0.4, -0.2) is 24.4 Å². The minimum Gasteiger partial charge on any atom is -0.456 e. The van der Waals surface area contributed by atoms with E-state index in [1.807, 2.05) is 25.1 Å². The molecule has 0 atom stereocenters. The summed E-state index contributed by atoms with van der Waals surface area (Å²) >= 11 is 12.0. The molecule has 0 aliphatic rings. The van der Waals surface area contributed by atoms with Crippen LogP contribution >= 0.6 is 23.2 Å². The van der Waals surface area contributed by atoms with Crippen molar-refractivity contribution in [2.24, 2.45) is 0 Å². The molecule has 2 N–H and O–H groups in total. The number of ether oxygens (including phenoxy) is 2. The van der Waals surface area contributed by atoms with Crippen molar-refractivity contribution in [3.8, 4) is 11.5 Å². The van der Waals surface area contributed by atoms with Crippen molar-refractivity contribution in [1.82, 2.24) is 0 Å². The number of rotatable bonds is 10. The Morgan fingerprint density at radius 3 is 2.29 bits per heavy atom. The molecule has 7 nitrogen and oxygen atoms in total. The average Bonchev–Trinajstić information content (AvgIpc) is 2.81. The average molecular weight is 515 g/mol. The molecule has 0 saturated carbocycles. The summed E-state index contributed by atoms with van der Waals surface area (Å²) in [6, 6.07) is 19.0. The second-order valence-electron chi connectivity index (χ2n) is 7.68. The third-order valence-electron chi connectivity index (χ3n) is 4.71. The van der Waals surface area contributed by atoms with Gasteiger partial charge < -0.3 is 20.1 Å². The van der Waals surface area contributed by atoms with Gasteiger partial charge in [0.25, 0.3) is 5.91 Å². The van der Waals surface area contributed by atoms with Gasteiger partial charge in [-0.15, -0.1) is 0 Å². The highest BCUT2D eigenvalue weighted by Crippen LogP contribution is 2.32. The summed E-state index contributed by atoms with van der Waals surface area (Å²) in [5, 5.41) is 6.31. The molecule has 0 unspecified atom stereocenters. The first kappa shape index (κ1) is 26.1. The zero-order valence-electron chi connectivity index (χ0n) is 19.0. The Kier molecular flexibility index (Phi) is 9.52. The quantitative estimate of drug-likeness (QED) is 0.306. The molecule has 0 bridgehead atoms. The van der Waals surface area contributed by atoms with E-state index in [2.05, 4.69) is 10.6 Å². The molecule has 0 radical (unpaired) electrons. The molecule has 35 heavy (non-hydrogen) atoms. The normalized spacial score (nSPS) is 10.4. The summed E-state index contributed by atoms with van der Waals surface area (Å²) in [5.74, 6) is -0.204. The SMILES string of the molecule is Cc1cccc(NC(=O)COC(=O)CCCC(=O)Nc2ccc(Oc3ccc(Cl)cc3Cl)cc2)c1. The first-order chi connectivity index (χ1) is 16.8. The number of anilines is 2. The standard InChI is InChI=1S/C26H24Cl2N2O5/c1-17-4-2-5-20(14-17)30-25(32)16-34-26(33)7-3-6-24(31)29-19-9-11-21(12-10-19)35-23-13-8-18(27)15-22(23)28/h2,4-5,8-15H,3,6-7,16H2,1H3,(H,29,31)(H,30,32). The number of hydrogen-bond donors (Lipinski definition) is 2. The summed E-state index contributed by atoms with van der Waals surface area (Å²) in [6.07, 6.45) is 0.448. The summed E-state index contributed by atoms with van der Waals surface area (Å²) in [5.41, 5.74) is 2.22. The van der Waals surface area contributed by atoms with Crippen LogP contribution in [-0.2, 0) is 19.1 Å². The third-order valence-corrected chi connectivity index (χ3v) is 5.24. The van der Waals surface area contributed by atoms with Gasteiger partial charge in [-0.3, -0.25) is 14.4 Å². The van der Waals surface area contributed by atoms with Gasteiger partial charge in [0.15, 0.2) is 6.61 Å². The van der Waals surface area contributed by atoms with Crippen LogP contribution in [0.4, 0.5) is 11.4 Å².